The maximum absolute atomic E-state index is 11.8. The summed E-state index contributed by atoms with van der Waals surface area (Å²) < 4.78 is 2.91. The van der Waals surface area contributed by atoms with Gasteiger partial charge in [0, 0.05) is 19.1 Å². The van der Waals surface area contributed by atoms with Gasteiger partial charge >= 0.3 is 0 Å². The van der Waals surface area contributed by atoms with Gasteiger partial charge in [0.25, 0.3) is 5.91 Å². The highest BCUT2D eigenvalue weighted by atomic mass is 79.9. The second-order valence-corrected chi connectivity index (χ2v) is 7.39. The Kier molecular flexibility index (Phi) is 6.80. The minimum absolute atomic E-state index is 0.137. The Bertz CT molecular complexity index is 724. The quantitative estimate of drug-likeness (QED) is 0.453. The van der Waals surface area contributed by atoms with Gasteiger partial charge < -0.3 is 5.32 Å². The summed E-state index contributed by atoms with van der Waals surface area (Å²) in [5, 5.41) is 7.00. The monoisotopic (exact) mass is 501 g/mol. The number of nitrogens with zero attached hydrogens (tertiary/aromatic N) is 1. The molecule has 1 amide bonds. The van der Waals surface area contributed by atoms with Crippen LogP contribution >= 0.6 is 47.8 Å². The molecule has 2 aromatic carbocycles. The van der Waals surface area contributed by atoms with Crippen LogP contribution in [0.4, 0.5) is 5.69 Å². The van der Waals surface area contributed by atoms with Crippen LogP contribution in [0.1, 0.15) is 11.1 Å². The van der Waals surface area contributed by atoms with E-state index >= 15 is 0 Å². The average Bonchev–Trinajstić information content (AvgIpc) is 2.50. The third-order valence-electron chi connectivity index (χ3n) is 2.99. The topological polar surface area (TPSA) is 53.5 Å². The number of hydrazone groups is 1. The molecule has 0 aromatic heterocycles. The van der Waals surface area contributed by atoms with Crippen molar-refractivity contribution < 1.29 is 4.79 Å². The van der Waals surface area contributed by atoms with Crippen molar-refractivity contribution in [3.8, 4) is 0 Å². The van der Waals surface area contributed by atoms with E-state index in [1.54, 1.807) is 6.21 Å². The Balaban J connectivity index is 1.86. The molecular weight excluding hydrogens is 490 g/mol. The first-order valence-electron chi connectivity index (χ1n) is 6.72. The summed E-state index contributed by atoms with van der Waals surface area (Å²) in [5.41, 5.74) is 5.35. The van der Waals surface area contributed by atoms with Crippen LogP contribution in [0.3, 0.4) is 0 Å². The number of carbonyl (C=O) groups is 1. The zero-order valence-corrected chi connectivity index (χ0v) is 17.0. The first kappa shape index (κ1) is 18.2. The highest BCUT2D eigenvalue weighted by Gasteiger charge is 2.05. The highest BCUT2D eigenvalue weighted by molar-refractivity contribution is 9.11. The van der Waals surface area contributed by atoms with Crippen molar-refractivity contribution in [3.63, 3.8) is 0 Å². The minimum atomic E-state index is -0.218. The number of anilines is 1. The second kappa shape index (κ2) is 8.61. The second-order valence-electron chi connectivity index (χ2n) is 4.77. The van der Waals surface area contributed by atoms with Gasteiger partial charge in [-0.1, -0.05) is 59.9 Å². The van der Waals surface area contributed by atoms with Crippen molar-refractivity contribution in [2.75, 3.05) is 11.9 Å². The minimum Gasteiger partial charge on any atom is -0.376 e. The maximum Gasteiger partial charge on any atom is 0.259 e. The lowest BCUT2D eigenvalue weighted by Gasteiger charge is -2.09. The number of carbonyl (C=O) groups excluding carboxylic acids is 1. The van der Waals surface area contributed by atoms with Crippen molar-refractivity contribution in [2.24, 2.45) is 5.10 Å². The molecule has 0 saturated carbocycles. The molecule has 0 aliphatic carbocycles. The number of amides is 1. The molecule has 0 aliphatic heterocycles. The van der Waals surface area contributed by atoms with Crippen molar-refractivity contribution in [1.82, 2.24) is 5.43 Å². The average molecular weight is 504 g/mol. The summed E-state index contributed by atoms with van der Waals surface area (Å²) in [4.78, 5) is 11.8. The fourth-order valence-electron chi connectivity index (χ4n) is 1.73. The lowest BCUT2D eigenvalue weighted by atomic mass is 10.2. The zero-order valence-electron chi connectivity index (χ0n) is 12.2. The number of rotatable bonds is 5. The van der Waals surface area contributed by atoms with Crippen LogP contribution in [0.25, 0.3) is 0 Å². The Morgan fingerprint density at radius 1 is 1.17 bits per heavy atom. The van der Waals surface area contributed by atoms with Gasteiger partial charge in [-0.2, -0.15) is 5.10 Å². The molecule has 0 bridgehead atoms. The summed E-state index contributed by atoms with van der Waals surface area (Å²) in [7, 11) is 0. The molecule has 0 atom stereocenters. The molecule has 7 heteroatoms. The van der Waals surface area contributed by atoms with Crippen LogP contribution < -0.4 is 10.7 Å². The van der Waals surface area contributed by atoms with Crippen molar-refractivity contribution in [3.05, 3.63) is 60.9 Å². The van der Waals surface area contributed by atoms with Crippen LogP contribution in [0.15, 0.2) is 54.9 Å². The van der Waals surface area contributed by atoms with Crippen molar-refractivity contribution in [2.45, 2.75) is 6.92 Å². The molecule has 120 valence electrons. The van der Waals surface area contributed by atoms with E-state index < -0.39 is 0 Å². The summed E-state index contributed by atoms with van der Waals surface area (Å²) in [6.45, 7) is 2.14. The lowest BCUT2D eigenvalue weighted by Crippen LogP contribution is -2.25. The molecule has 0 unspecified atom stereocenters. The van der Waals surface area contributed by atoms with Gasteiger partial charge in [-0.05, 0) is 42.3 Å². The van der Waals surface area contributed by atoms with Gasteiger partial charge in [0.2, 0.25) is 0 Å². The van der Waals surface area contributed by atoms with Crippen LogP contribution in [0.2, 0.25) is 0 Å². The van der Waals surface area contributed by atoms with E-state index in [2.05, 4.69) is 63.6 Å². The fraction of sp³-hybridized carbons (Fsp3) is 0.125. The summed E-state index contributed by atoms with van der Waals surface area (Å²) in [5.74, 6) is -0.218. The predicted molar refractivity (Wildman–Crippen MR) is 105 cm³/mol. The molecule has 0 heterocycles. The summed E-state index contributed by atoms with van der Waals surface area (Å²) in [6, 6.07) is 11.5. The number of hydrogen-bond acceptors (Lipinski definition) is 3. The molecule has 2 N–H and O–H groups in total. The molecule has 0 aliphatic rings. The van der Waals surface area contributed by atoms with Gasteiger partial charge in [0.15, 0.2) is 0 Å². The summed E-state index contributed by atoms with van der Waals surface area (Å²) >= 11 is 10.3. The van der Waals surface area contributed by atoms with E-state index in [1.165, 1.54) is 0 Å². The molecule has 23 heavy (non-hydrogen) atoms. The largest absolute Gasteiger partial charge is 0.376 e. The number of nitrogens with one attached hydrogen (secondary N) is 2. The highest BCUT2D eigenvalue weighted by Crippen LogP contribution is 2.28. The van der Waals surface area contributed by atoms with E-state index in [9.17, 15) is 4.79 Å². The first-order chi connectivity index (χ1) is 11.0. The van der Waals surface area contributed by atoms with E-state index in [0.29, 0.717) is 0 Å². The SMILES string of the molecule is Cc1c(Br)cc(NCC(=O)N/N=C\c2cccc(Br)c2)cc1Br. The van der Waals surface area contributed by atoms with Gasteiger partial charge in [-0.3, -0.25) is 4.79 Å². The normalized spacial score (nSPS) is 10.8. The van der Waals surface area contributed by atoms with Crippen LogP contribution in [0, 0.1) is 6.92 Å². The molecular formula is C16H14Br3N3O. The third-order valence-corrected chi connectivity index (χ3v) is 5.13. The number of benzene rings is 2. The van der Waals surface area contributed by atoms with Crippen molar-refractivity contribution >= 4 is 65.6 Å². The molecule has 0 saturated heterocycles. The Morgan fingerprint density at radius 3 is 2.52 bits per heavy atom. The van der Waals surface area contributed by atoms with E-state index in [0.717, 1.165) is 30.2 Å². The van der Waals surface area contributed by atoms with E-state index in [1.807, 2.05) is 43.3 Å². The smallest absolute Gasteiger partial charge is 0.259 e. The summed E-state index contributed by atoms with van der Waals surface area (Å²) in [6.07, 6.45) is 1.60. The van der Waals surface area contributed by atoms with Crippen LogP contribution in [-0.4, -0.2) is 18.7 Å². The van der Waals surface area contributed by atoms with Gasteiger partial charge in [-0.25, -0.2) is 5.43 Å². The molecule has 2 rings (SSSR count). The predicted octanol–water partition coefficient (Wildman–Crippen LogP) is 4.84. The number of hydrogen-bond donors (Lipinski definition) is 2. The van der Waals surface area contributed by atoms with Crippen LogP contribution in [-0.2, 0) is 4.79 Å². The van der Waals surface area contributed by atoms with Gasteiger partial charge in [0.05, 0.1) is 12.8 Å². The lowest BCUT2D eigenvalue weighted by molar-refractivity contribution is -0.119. The Hall–Kier alpha value is -1.18. The van der Waals surface area contributed by atoms with E-state index in [4.69, 9.17) is 0 Å². The maximum atomic E-state index is 11.8. The third kappa shape index (κ3) is 5.75. The zero-order chi connectivity index (χ0) is 16.8. The van der Waals surface area contributed by atoms with Gasteiger partial charge in [-0.15, -0.1) is 0 Å². The molecule has 0 radical (unpaired) electrons. The fourth-order valence-corrected chi connectivity index (χ4v) is 3.34. The molecule has 0 spiro atoms. The molecule has 0 fully saturated rings. The molecule has 4 nitrogen and oxygen atoms in total. The standard InChI is InChI=1S/C16H14Br3N3O/c1-10-14(18)6-13(7-15(10)19)20-9-16(23)22-21-8-11-3-2-4-12(17)5-11/h2-8,20H,9H2,1H3,(H,22,23)/b21-8-. The van der Waals surface area contributed by atoms with Crippen molar-refractivity contribution in [1.29, 1.82) is 0 Å². The van der Waals surface area contributed by atoms with Gasteiger partial charge in [0.1, 0.15) is 0 Å². The number of halogens is 3. The van der Waals surface area contributed by atoms with Crippen LogP contribution in [0.5, 0.6) is 0 Å². The first-order valence-corrected chi connectivity index (χ1v) is 9.10. The van der Waals surface area contributed by atoms with E-state index in [-0.39, 0.29) is 12.5 Å². The Labute approximate surface area is 160 Å². The molecule has 2 aromatic rings. The Morgan fingerprint density at radius 2 is 1.87 bits per heavy atom.